The summed E-state index contributed by atoms with van der Waals surface area (Å²) in [5.41, 5.74) is 2.82. The van der Waals surface area contributed by atoms with Crippen LogP contribution in [-0.2, 0) is 14.3 Å². The molecule has 0 spiro atoms. The summed E-state index contributed by atoms with van der Waals surface area (Å²) in [6.45, 7) is 18.9. The van der Waals surface area contributed by atoms with Gasteiger partial charge in [-0.1, -0.05) is 78.8 Å². The molecule has 1 saturated heterocycles. The van der Waals surface area contributed by atoms with Gasteiger partial charge in [0.2, 0.25) is 0 Å². The van der Waals surface area contributed by atoms with Gasteiger partial charge < -0.3 is 9.47 Å². The van der Waals surface area contributed by atoms with E-state index in [0.717, 1.165) is 36.3 Å². The normalized spacial score (nSPS) is 48.5. The summed E-state index contributed by atoms with van der Waals surface area (Å²) < 4.78 is 13.0. The lowest BCUT2D eigenvalue weighted by atomic mass is 9.32. The van der Waals surface area contributed by atoms with E-state index in [1.54, 1.807) is 6.08 Å². The summed E-state index contributed by atoms with van der Waals surface area (Å²) in [5.74, 6) is 2.66. The molecule has 1 aromatic rings. The molecule has 0 amide bonds. The van der Waals surface area contributed by atoms with Crippen LogP contribution in [0.4, 0.5) is 0 Å². The van der Waals surface area contributed by atoms with Gasteiger partial charge in [-0.05, 0) is 127 Å². The molecule has 5 saturated carbocycles. The first-order valence-corrected chi connectivity index (χ1v) is 17.3. The van der Waals surface area contributed by atoms with Crippen molar-refractivity contribution in [3.63, 3.8) is 0 Å². The maximum absolute atomic E-state index is 13.0. The zero-order valence-corrected chi connectivity index (χ0v) is 27.5. The average Bonchev–Trinajstić information content (AvgIpc) is 3.30. The Morgan fingerprint density at radius 3 is 2.14 bits per heavy atom. The van der Waals surface area contributed by atoms with Crippen molar-refractivity contribution < 1.29 is 14.3 Å². The van der Waals surface area contributed by atoms with E-state index >= 15 is 0 Å². The Morgan fingerprint density at radius 1 is 0.762 bits per heavy atom. The third-order valence-electron chi connectivity index (χ3n) is 15.3. The molecular formula is C39H56O3. The Balaban J connectivity index is 1.12. The molecule has 2 bridgehead atoms. The summed E-state index contributed by atoms with van der Waals surface area (Å²) in [6.07, 6.45) is 16.9. The lowest BCUT2D eigenvalue weighted by molar-refractivity contribution is -0.246. The van der Waals surface area contributed by atoms with Crippen LogP contribution in [0.1, 0.15) is 118 Å². The van der Waals surface area contributed by atoms with E-state index in [9.17, 15) is 4.79 Å². The number of fused-ring (bicyclic) bond motifs is 5. The third-order valence-corrected chi connectivity index (χ3v) is 15.3. The van der Waals surface area contributed by atoms with E-state index in [-0.39, 0.29) is 17.5 Å². The van der Waals surface area contributed by atoms with Gasteiger partial charge in [0.1, 0.15) is 6.10 Å². The van der Waals surface area contributed by atoms with Crippen LogP contribution >= 0.6 is 0 Å². The molecule has 42 heavy (non-hydrogen) atoms. The van der Waals surface area contributed by atoms with Crippen molar-refractivity contribution in [3.05, 3.63) is 42.0 Å². The van der Waals surface area contributed by atoms with E-state index in [1.165, 1.54) is 57.8 Å². The van der Waals surface area contributed by atoms with Crippen molar-refractivity contribution in [3.8, 4) is 0 Å². The molecule has 1 aliphatic heterocycles. The number of hydrogen-bond donors (Lipinski definition) is 0. The highest BCUT2D eigenvalue weighted by Gasteiger charge is 2.72. The Labute approximate surface area is 255 Å². The van der Waals surface area contributed by atoms with E-state index < -0.39 is 0 Å². The van der Waals surface area contributed by atoms with Crippen molar-refractivity contribution in [2.75, 3.05) is 6.61 Å². The van der Waals surface area contributed by atoms with E-state index in [0.29, 0.717) is 39.1 Å². The molecule has 1 heterocycles. The summed E-state index contributed by atoms with van der Waals surface area (Å²) in [6, 6.07) is 10.0. The van der Waals surface area contributed by atoms with Crippen LogP contribution in [0.3, 0.4) is 0 Å². The second-order valence-corrected chi connectivity index (χ2v) is 17.9. The molecule has 6 fully saturated rings. The van der Waals surface area contributed by atoms with Gasteiger partial charge in [-0.25, -0.2) is 4.79 Å². The van der Waals surface area contributed by atoms with Crippen LogP contribution in [0.5, 0.6) is 0 Å². The molecule has 230 valence electrons. The maximum atomic E-state index is 13.0. The topological polar surface area (TPSA) is 35.5 Å². The van der Waals surface area contributed by atoms with Gasteiger partial charge in [0, 0.05) is 11.5 Å². The molecular weight excluding hydrogens is 516 g/mol. The SMILES string of the molecule is CC1(C)CC[C@]23CC[C@H]4[C@]5(C)CC[C@H]6C(C)(C)[C@H](OC(=O)/C=C/c7ccccc7)CC[C@]6(C)[C@@H]5CC[C@@]4(C)[C@@H]2[C@H]1OC3. The van der Waals surface area contributed by atoms with Crippen molar-refractivity contribution in [2.24, 2.45) is 56.2 Å². The van der Waals surface area contributed by atoms with E-state index in [2.05, 4.69) is 48.5 Å². The number of carbonyl (C=O) groups is 1. The monoisotopic (exact) mass is 572 g/mol. The Kier molecular flexibility index (Phi) is 6.55. The first-order valence-electron chi connectivity index (χ1n) is 17.3. The smallest absolute Gasteiger partial charge is 0.331 e. The predicted molar refractivity (Wildman–Crippen MR) is 170 cm³/mol. The average molecular weight is 573 g/mol. The van der Waals surface area contributed by atoms with Gasteiger partial charge >= 0.3 is 5.97 Å². The second kappa shape index (κ2) is 9.45. The maximum Gasteiger partial charge on any atom is 0.331 e. The summed E-state index contributed by atoms with van der Waals surface area (Å²) in [7, 11) is 0. The van der Waals surface area contributed by atoms with Crippen molar-refractivity contribution in [2.45, 2.75) is 125 Å². The highest BCUT2D eigenvalue weighted by molar-refractivity contribution is 5.87. The highest BCUT2D eigenvalue weighted by atomic mass is 16.5. The molecule has 6 aliphatic rings. The summed E-state index contributed by atoms with van der Waals surface area (Å²) in [4.78, 5) is 13.0. The molecule has 0 N–H and O–H groups in total. The van der Waals surface area contributed by atoms with Gasteiger partial charge in [-0.2, -0.15) is 0 Å². The van der Waals surface area contributed by atoms with Crippen LogP contribution in [0.25, 0.3) is 6.08 Å². The molecule has 7 rings (SSSR count). The van der Waals surface area contributed by atoms with Gasteiger partial charge in [0.25, 0.3) is 0 Å². The minimum Gasteiger partial charge on any atom is -0.459 e. The van der Waals surface area contributed by atoms with E-state index in [4.69, 9.17) is 9.47 Å². The summed E-state index contributed by atoms with van der Waals surface area (Å²) >= 11 is 0. The van der Waals surface area contributed by atoms with Gasteiger partial charge in [-0.3, -0.25) is 0 Å². The van der Waals surface area contributed by atoms with Crippen LogP contribution in [-0.4, -0.2) is 24.8 Å². The van der Waals surface area contributed by atoms with Crippen LogP contribution in [0.15, 0.2) is 36.4 Å². The zero-order chi connectivity index (χ0) is 29.8. The molecule has 0 unspecified atom stereocenters. The molecule has 1 aromatic carbocycles. The number of ether oxygens (including phenoxy) is 2. The Morgan fingerprint density at radius 2 is 1.38 bits per heavy atom. The van der Waals surface area contributed by atoms with Crippen molar-refractivity contribution >= 4 is 12.0 Å². The minimum atomic E-state index is -0.196. The molecule has 0 aromatic heterocycles. The number of esters is 1. The number of benzene rings is 1. The first-order chi connectivity index (χ1) is 19.8. The molecule has 0 radical (unpaired) electrons. The largest absolute Gasteiger partial charge is 0.459 e. The van der Waals surface area contributed by atoms with Gasteiger partial charge in [-0.15, -0.1) is 0 Å². The zero-order valence-electron chi connectivity index (χ0n) is 27.5. The Hall–Kier alpha value is -1.61. The van der Waals surface area contributed by atoms with Crippen molar-refractivity contribution in [1.82, 2.24) is 0 Å². The van der Waals surface area contributed by atoms with Crippen LogP contribution < -0.4 is 0 Å². The fourth-order valence-electron chi connectivity index (χ4n) is 13.4. The first kappa shape index (κ1) is 29.1. The third kappa shape index (κ3) is 3.96. The van der Waals surface area contributed by atoms with E-state index in [1.807, 2.05) is 36.4 Å². The van der Waals surface area contributed by atoms with Crippen LogP contribution in [0.2, 0.25) is 0 Å². The minimum absolute atomic E-state index is 0.0199. The van der Waals surface area contributed by atoms with Crippen molar-refractivity contribution in [1.29, 1.82) is 0 Å². The second-order valence-electron chi connectivity index (χ2n) is 17.9. The summed E-state index contributed by atoms with van der Waals surface area (Å²) in [5, 5.41) is 0. The fourth-order valence-corrected chi connectivity index (χ4v) is 13.4. The quantitative estimate of drug-likeness (QED) is 0.267. The molecule has 3 heteroatoms. The lowest BCUT2D eigenvalue weighted by Gasteiger charge is -2.72. The predicted octanol–water partition coefficient (Wildman–Crippen LogP) is 9.50. The molecule has 3 nitrogen and oxygen atoms in total. The van der Waals surface area contributed by atoms with Gasteiger partial charge in [0.15, 0.2) is 0 Å². The molecule has 10 atom stereocenters. The fraction of sp³-hybridized carbons (Fsp3) is 0.769. The lowest BCUT2D eigenvalue weighted by Crippen LogP contribution is -2.67. The number of hydrogen-bond acceptors (Lipinski definition) is 3. The molecule has 5 aliphatic carbocycles. The Bertz CT molecular complexity index is 1250. The van der Waals surface area contributed by atoms with Crippen LogP contribution in [0, 0.1) is 56.2 Å². The standard InChI is InChI=1S/C39H56O3/c1-34(2)23-24-39-22-17-29-37(6)19-15-27-35(3,4)30(42-31(40)14-13-26-11-9-8-10-12-26)18-21-36(27,5)28(37)16-20-38(29,7)32(39)33(34)41-25-39/h8-14,27-30,32-33H,15-25H2,1-7H3/b14-13+/t27-,28-,29-,30+,32-,33+,36-,37+,38+,39-/m0/s1. The highest BCUT2D eigenvalue weighted by Crippen LogP contribution is 2.77. The number of carbonyl (C=O) groups excluding carboxylic acids is 1. The van der Waals surface area contributed by atoms with Gasteiger partial charge in [0.05, 0.1) is 12.7 Å². The number of rotatable bonds is 3.